The smallest absolute Gasteiger partial charge is 0.326 e. The molecule has 0 aromatic heterocycles. The van der Waals surface area contributed by atoms with E-state index in [4.69, 9.17) is 0 Å². The Kier molecular flexibility index (Phi) is 5.19. The number of rotatable bonds is 5. The average molecular weight is 259 g/mol. The van der Waals surface area contributed by atoms with Crippen LogP contribution in [-0.4, -0.2) is 5.91 Å². The van der Waals surface area contributed by atoms with E-state index in [1.54, 1.807) is 0 Å². The minimum Gasteiger partial charge on any atom is -0.326 e. The first kappa shape index (κ1) is 14.5. The van der Waals surface area contributed by atoms with Crippen molar-refractivity contribution >= 4 is 11.6 Å². The van der Waals surface area contributed by atoms with Crippen molar-refractivity contribution in [3.63, 3.8) is 0 Å². The van der Waals surface area contributed by atoms with Crippen LogP contribution in [0.5, 0.6) is 0 Å². The molecule has 0 fully saturated rings. The van der Waals surface area contributed by atoms with Crippen LogP contribution in [0.4, 0.5) is 18.9 Å². The summed E-state index contributed by atoms with van der Waals surface area (Å²) in [5, 5.41) is 2.32. The summed E-state index contributed by atoms with van der Waals surface area (Å²) < 4.78 is 38.0. The molecule has 1 amide bonds. The van der Waals surface area contributed by atoms with Crippen molar-refractivity contribution in [2.45, 2.75) is 38.8 Å². The van der Waals surface area contributed by atoms with Crippen LogP contribution in [0.25, 0.3) is 0 Å². The SMILES string of the molecule is CCCCCC(=O)Nc1ccccc1C(F)(F)F. The molecule has 2 nitrogen and oxygen atoms in total. The number of halogens is 3. The van der Waals surface area contributed by atoms with Gasteiger partial charge in [0.25, 0.3) is 0 Å². The molecule has 1 N–H and O–H groups in total. The summed E-state index contributed by atoms with van der Waals surface area (Å²) in [6, 6.07) is 4.99. The van der Waals surface area contributed by atoms with Crippen molar-refractivity contribution in [3.05, 3.63) is 29.8 Å². The van der Waals surface area contributed by atoms with Crippen LogP contribution in [0.2, 0.25) is 0 Å². The molecule has 0 aliphatic heterocycles. The second-order valence-corrected chi connectivity index (χ2v) is 4.05. The number of hydrogen-bond donors (Lipinski definition) is 1. The highest BCUT2D eigenvalue weighted by molar-refractivity contribution is 5.91. The van der Waals surface area contributed by atoms with Crippen LogP contribution < -0.4 is 5.32 Å². The van der Waals surface area contributed by atoms with E-state index >= 15 is 0 Å². The predicted octanol–water partition coefficient (Wildman–Crippen LogP) is 4.22. The van der Waals surface area contributed by atoms with E-state index in [1.807, 2.05) is 6.92 Å². The van der Waals surface area contributed by atoms with Crippen LogP contribution in [0, 0.1) is 0 Å². The van der Waals surface area contributed by atoms with E-state index in [-0.39, 0.29) is 18.0 Å². The first-order valence-corrected chi connectivity index (χ1v) is 5.91. The summed E-state index contributed by atoms with van der Waals surface area (Å²) in [6.07, 6.45) is -1.65. The Labute approximate surface area is 104 Å². The first-order chi connectivity index (χ1) is 8.45. The van der Waals surface area contributed by atoms with Crippen LogP contribution in [0.1, 0.15) is 38.2 Å². The van der Waals surface area contributed by atoms with Crippen molar-refractivity contribution in [1.82, 2.24) is 0 Å². The summed E-state index contributed by atoms with van der Waals surface area (Å²) in [7, 11) is 0. The second kappa shape index (κ2) is 6.42. The number of benzene rings is 1. The third-order valence-corrected chi connectivity index (χ3v) is 2.51. The summed E-state index contributed by atoms with van der Waals surface area (Å²) in [6.45, 7) is 2.00. The molecule has 0 unspecified atom stereocenters. The van der Waals surface area contributed by atoms with Crippen molar-refractivity contribution < 1.29 is 18.0 Å². The Bertz CT molecular complexity index is 401. The fraction of sp³-hybridized carbons (Fsp3) is 0.462. The molecule has 0 aliphatic carbocycles. The molecule has 18 heavy (non-hydrogen) atoms. The molecule has 0 aliphatic rings. The number of unbranched alkanes of at least 4 members (excludes halogenated alkanes) is 2. The van der Waals surface area contributed by atoms with Crippen molar-refractivity contribution in [1.29, 1.82) is 0 Å². The number of para-hydroxylation sites is 1. The van der Waals surface area contributed by atoms with Crippen LogP contribution in [0.15, 0.2) is 24.3 Å². The number of anilines is 1. The van der Waals surface area contributed by atoms with Gasteiger partial charge in [0.2, 0.25) is 5.91 Å². The quantitative estimate of drug-likeness (QED) is 0.788. The van der Waals surface area contributed by atoms with Gasteiger partial charge in [-0.2, -0.15) is 13.2 Å². The lowest BCUT2D eigenvalue weighted by Gasteiger charge is -2.13. The lowest BCUT2D eigenvalue weighted by molar-refractivity contribution is -0.137. The molecule has 100 valence electrons. The maximum Gasteiger partial charge on any atom is 0.418 e. The Balaban J connectivity index is 2.70. The Morgan fingerprint density at radius 3 is 2.50 bits per heavy atom. The van der Waals surface area contributed by atoms with E-state index < -0.39 is 11.7 Å². The van der Waals surface area contributed by atoms with E-state index in [9.17, 15) is 18.0 Å². The van der Waals surface area contributed by atoms with Gasteiger partial charge in [0.05, 0.1) is 11.3 Å². The van der Waals surface area contributed by atoms with Crippen LogP contribution >= 0.6 is 0 Å². The first-order valence-electron chi connectivity index (χ1n) is 5.91. The molecule has 0 spiro atoms. The molecular formula is C13H16F3NO. The molecular weight excluding hydrogens is 243 g/mol. The van der Waals surface area contributed by atoms with E-state index in [2.05, 4.69) is 5.32 Å². The zero-order valence-corrected chi connectivity index (χ0v) is 10.2. The highest BCUT2D eigenvalue weighted by Crippen LogP contribution is 2.34. The Morgan fingerprint density at radius 1 is 1.22 bits per heavy atom. The topological polar surface area (TPSA) is 29.1 Å². The number of amides is 1. The number of carbonyl (C=O) groups is 1. The second-order valence-electron chi connectivity index (χ2n) is 4.05. The van der Waals surface area contributed by atoms with Crippen molar-refractivity contribution in [3.8, 4) is 0 Å². The monoisotopic (exact) mass is 259 g/mol. The predicted molar refractivity (Wildman–Crippen MR) is 64.2 cm³/mol. The zero-order valence-electron chi connectivity index (χ0n) is 10.2. The Hall–Kier alpha value is -1.52. The largest absolute Gasteiger partial charge is 0.418 e. The maximum atomic E-state index is 12.7. The van der Waals surface area contributed by atoms with Gasteiger partial charge in [-0.05, 0) is 18.6 Å². The number of carbonyl (C=O) groups excluding carboxylic acids is 1. The number of hydrogen-bond acceptors (Lipinski definition) is 1. The molecule has 1 rings (SSSR count). The fourth-order valence-corrected chi connectivity index (χ4v) is 1.59. The van der Waals surface area contributed by atoms with Crippen molar-refractivity contribution in [2.75, 3.05) is 5.32 Å². The zero-order chi connectivity index (χ0) is 13.6. The van der Waals surface area contributed by atoms with Gasteiger partial charge >= 0.3 is 6.18 Å². The van der Waals surface area contributed by atoms with E-state index in [0.717, 1.165) is 18.9 Å². The van der Waals surface area contributed by atoms with Gasteiger partial charge in [-0.25, -0.2) is 0 Å². The number of alkyl halides is 3. The molecule has 0 heterocycles. The summed E-state index contributed by atoms with van der Waals surface area (Å²) in [4.78, 5) is 11.5. The molecule has 1 aromatic carbocycles. The summed E-state index contributed by atoms with van der Waals surface area (Å²) in [5.41, 5.74) is -0.986. The lowest BCUT2D eigenvalue weighted by atomic mass is 10.1. The minimum absolute atomic E-state index is 0.175. The highest BCUT2D eigenvalue weighted by atomic mass is 19.4. The highest BCUT2D eigenvalue weighted by Gasteiger charge is 2.33. The maximum absolute atomic E-state index is 12.7. The third kappa shape index (κ3) is 4.39. The molecule has 0 saturated heterocycles. The molecule has 0 saturated carbocycles. The van der Waals surface area contributed by atoms with Gasteiger partial charge in [0.15, 0.2) is 0 Å². The molecule has 0 radical (unpaired) electrons. The standard InChI is InChI=1S/C13H16F3NO/c1-2-3-4-9-12(18)17-11-8-6-5-7-10(11)13(14,15)16/h5-8H,2-4,9H2,1H3,(H,17,18). The van der Waals surface area contributed by atoms with Crippen molar-refractivity contribution in [2.24, 2.45) is 0 Å². The van der Waals surface area contributed by atoms with Crippen LogP contribution in [0.3, 0.4) is 0 Å². The normalized spacial score (nSPS) is 11.3. The Morgan fingerprint density at radius 2 is 1.89 bits per heavy atom. The van der Waals surface area contributed by atoms with Crippen LogP contribution in [-0.2, 0) is 11.0 Å². The van der Waals surface area contributed by atoms with E-state index in [0.29, 0.717) is 6.42 Å². The molecule has 1 aromatic rings. The average Bonchev–Trinajstić information content (AvgIpc) is 2.28. The molecule has 0 bridgehead atoms. The number of nitrogens with one attached hydrogen (secondary N) is 1. The summed E-state index contributed by atoms with van der Waals surface area (Å²) in [5.74, 6) is -0.375. The minimum atomic E-state index is -4.45. The van der Waals surface area contributed by atoms with Gasteiger partial charge in [-0.15, -0.1) is 0 Å². The lowest BCUT2D eigenvalue weighted by Crippen LogP contribution is -2.16. The van der Waals surface area contributed by atoms with Gasteiger partial charge in [0, 0.05) is 6.42 Å². The van der Waals surface area contributed by atoms with Gasteiger partial charge in [-0.1, -0.05) is 31.9 Å². The third-order valence-electron chi connectivity index (χ3n) is 2.51. The molecule has 5 heteroatoms. The van der Waals surface area contributed by atoms with Gasteiger partial charge in [-0.3, -0.25) is 4.79 Å². The van der Waals surface area contributed by atoms with Gasteiger partial charge < -0.3 is 5.32 Å². The van der Waals surface area contributed by atoms with Gasteiger partial charge in [0.1, 0.15) is 0 Å². The molecule has 0 atom stereocenters. The summed E-state index contributed by atoms with van der Waals surface area (Å²) >= 11 is 0. The fourth-order valence-electron chi connectivity index (χ4n) is 1.59. The van der Waals surface area contributed by atoms with E-state index in [1.165, 1.54) is 18.2 Å².